The lowest BCUT2D eigenvalue weighted by Gasteiger charge is -2.16. The number of aryl methyl sites for hydroxylation is 1. The van der Waals surface area contributed by atoms with Gasteiger partial charge in [-0.3, -0.25) is 14.4 Å². The number of hydrogen-bond donors (Lipinski definition) is 1. The molecule has 1 aliphatic rings. The van der Waals surface area contributed by atoms with Gasteiger partial charge in [-0.15, -0.1) is 0 Å². The fourth-order valence-corrected chi connectivity index (χ4v) is 3.55. The van der Waals surface area contributed by atoms with Crippen molar-refractivity contribution in [3.05, 3.63) is 57.5 Å². The van der Waals surface area contributed by atoms with E-state index in [4.69, 9.17) is 16.3 Å². The summed E-state index contributed by atoms with van der Waals surface area (Å²) in [6.07, 6.45) is 0.0505. The van der Waals surface area contributed by atoms with Gasteiger partial charge in [0.2, 0.25) is 5.91 Å². The van der Waals surface area contributed by atoms with E-state index in [0.29, 0.717) is 16.4 Å². The van der Waals surface area contributed by atoms with Gasteiger partial charge < -0.3 is 15.0 Å². The Morgan fingerprint density at radius 3 is 2.64 bits per heavy atom. The number of benzene rings is 2. The molecule has 6 nitrogen and oxygen atoms in total. The first-order valence-electron chi connectivity index (χ1n) is 8.62. The SMILES string of the molecule is Cc1cc(Br)ccc1NC(=O)COC(=O)[C@H]1CC(=O)N(c2ccc(Cl)cc2)C1. The molecule has 0 radical (unpaired) electrons. The lowest BCUT2D eigenvalue weighted by atomic mass is 10.1. The Labute approximate surface area is 175 Å². The van der Waals surface area contributed by atoms with E-state index in [2.05, 4.69) is 21.2 Å². The van der Waals surface area contributed by atoms with Gasteiger partial charge in [-0.05, 0) is 55.0 Å². The number of nitrogens with zero attached hydrogens (tertiary/aromatic N) is 1. The molecule has 1 aliphatic heterocycles. The standard InChI is InChI=1S/C20H18BrClN2O4/c1-12-8-14(21)2-7-17(12)23-18(25)11-28-20(27)13-9-19(26)24(10-13)16-5-3-15(22)4-6-16/h2-8,13H,9-11H2,1H3,(H,23,25)/t13-/m0/s1. The lowest BCUT2D eigenvalue weighted by Crippen LogP contribution is -2.28. The van der Waals surface area contributed by atoms with Gasteiger partial charge in [0.15, 0.2) is 6.61 Å². The van der Waals surface area contributed by atoms with Gasteiger partial charge in [-0.2, -0.15) is 0 Å². The van der Waals surface area contributed by atoms with E-state index >= 15 is 0 Å². The summed E-state index contributed by atoms with van der Waals surface area (Å²) < 4.78 is 6.02. The number of anilines is 2. The number of rotatable bonds is 5. The van der Waals surface area contributed by atoms with Crippen LogP contribution in [0.5, 0.6) is 0 Å². The summed E-state index contributed by atoms with van der Waals surface area (Å²) in [6, 6.07) is 12.3. The normalized spacial score (nSPS) is 16.2. The van der Waals surface area contributed by atoms with Gasteiger partial charge in [0, 0.05) is 33.8 Å². The molecule has 0 spiro atoms. The molecule has 146 valence electrons. The quantitative estimate of drug-likeness (QED) is 0.679. The van der Waals surface area contributed by atoms with Crippen LogP contribution in [0.2, 0.25) is 5.02 Å². The molecule has 2 amide bonds. The molecule has 0 bridgehead atoms. The third-order valence-corrected chi connectivity index (χ3v) is 5.15. The molecule has 1 heterocycles. The van der Waals surface area contributed by atoms with Crippen molar-refractivity contribution in [3.8, 4) is 0 Å². The van der Waals surface area contributed by atoms with Crippen LogP contribution in [-0.4, -0.2) is 30.9 Å². The zero-order valence-electron chi connectivity index (χ0n) is 15.1. The predicted molar refractivity (Wildman–Crippen MR) is 110 cm³/mol. The number of hydrogen-bond acceptors (Lipinski definition) is 4. The summed E-state index contributed by atoms with van der Waals surface area (Å²) in [4.78, 5) is 38.1. The molecule has 2 aromatic carbocycles. The highest BCUT2D eigenvalue weighted by atomic mass is 79.9. The number of esters is 1. The minimum absolute atomic E-state index is 0.0505. The van der Waals surface area contributed by atoms with E-state index in [1.807, 2.05) is 19.1 Å². The number of nitrogens with one attached hydrogen (secondary N) is 1. The van der Waals surface area contributed by atoms with Crippen LogP contribution in [0.15, 0.2) is 46.9 Å². The van der Waals surface area contributed by atoms with Crippen LogP contribution in [0.4, 0.5) is 11.4 Å². The number of carbonyl (C=O) groups is 3. The summed E-state index contributed by atoms with van der Waals surface area (Å²) in [6.45, 7) is 1.68. The van der Waals surface area contributed by atoms with Crippen molar-refractivity contribution < 1.29 is 19.1 Å². The van der Waals surface area contributed by atoms with E-state index in [9.17, 15) is 14.4 Å². The number of carbonyl (C=O) groups excluding carboxylic acids is 3. The maximum Gasteiger partial charge on any atom is 0.311 e. The third kappa shape index (κ3) is 4.91. The summed E-state index contributed by atoms with van der Waals surface area (Å²) in [5.41, 5.74) is 2.21. The smallest absolute Gasteiger partial charge is 0.311 e. The van der Waals surface area contributed by atoms with Crippen LogP contribution >= 0.6 is 27.5 Å². The molecular formula is C20H18BrClN2O4. The van der Waals surface area contributed by atoms with Crippen molar-refractivity contribution in [2.75, 3.05) is 23.4 Å². The summed E-state index contributed by atoms with van der Waals surface area (Å²) >= 11 is 9.22. The van der Waals surface area contributed by atoms with Crippen molar-refractivity contribution in [2.45, 2.75) is 13.3 Å². The van der Waals surface area contributed by atoms with E-state index in [1.165, 1.54) is 4.90 Å². The molecule has 1 fully saturated rings. The first kappa shape index (κ1) is 20.4. The highest BCUT2D eigenvalue weighted by Crippen LogP contribution is 2.27. The van der Waals surface area contributed by atoms with E-state index in [-0.39, 0.29) is 18.9 Å². The van der Waals surface area contributed by atoms with E-state index in [0.717, 1.165) is 10.0 Å². The highest BCUT2D eigenvalue weighted by Gasteiger charge is 2.36. The second-order valence-corrected chi connectivity index (χ2v) is 7.85. The highest BCUT2D eigenvalue weighted by molar-refractivity contribution is 9.10. The van der Waals surface area contributed by atoms with Crippen LogP contribution in [-0.2, 0) is 19.1 Å². The maximum absolute atomic E-state index is 12.3. The monoisotopic (exact) mass is 464 g/mol. The van der Waals surface area contributed by atoms with Crippen molar-refractivity contribution in [2.24, 2.45) is 5.92 Å². The minimum atomic E-state index is -0.606. The average molecular weight is 466 g/mol. The molecule has 0 aromatic heterocycles. The van der Waals surface area contributed by atoms with Crippen molar-refractivity contribution >= 4 is 56.7 Å². The fourth-order valence-electron chi connectivity index (χ4n) is 2.94. The molecule has 8 heteroatoms. The van der Waals surface area contributed by atoms with Gasteiger partial charge >= 0.3 is 5.97 Å². The Balaban J connectivity index is 1.53. The Kier molecular flexibility index (Phi) is 6.36. The zero-order valence-corrected chi connectivity index (χ0v) is 17.4. The molecule has 2 aromatic rings. The molecule has 3 rings (SSSR count). The van der Waals surface area contributed by atoms with Crippen molar-refractivity contribution in [1.29, 1.82) is 0 Å². The molecule has 1 saturated heterocycles. The average Bonchev–Trinajstić information content (AvgIpc) is 3.04. The number of ether oxygens (including phenoxy) is 1. The van der Waals surface area contributed by atoms with Crippen molar-refractivity contribution in [1.82, 2.24) is 0 Å². The van der Waals surface area contributed by atoms with E-state index in [1.54, 1.807) is 30.3 Å². The Bertz CT molecular complexity index is 917. The third-order valence-electron chi connectivity index (χ3n) is 4.40. The summed E-state index contributed by atoms with van der Waals surface area (Å²) in [5, 5.41) is 3.27. The van der Waals surface area contributed by atoms with Crippen LogP contribution < -0.4 is 10.2 Å². The Morgan fingerprint density at radius 1 is 1.25 bits per heavy atom. The minimum Gasteiger partial charge on any atom is -0.455 e. The molecule has 0 aliphatic carbocycles. The van der Waals surface area contributed by atoms with Gasteiger partial charge in [-0.25, -0.2) is 0 Å². The largest absolute Gasteiger partial charge is 0.455 e. The molecule has 1 N–H and O–H groups in total. The first-order valence-corrected chi connectivity index (χ1v) is 9.79. The second-order valence-electron chi connectivity index (χ2n) is 6.50. The maximum atomic E-state index is 12.3. The van der Waals surface area contributed by atoms with Gasteiger partial charge in [0.1, 0.15) is 0 Å². The zero-order chi connectivity index (χ0) is 20.3. The van der Waals surface area contributed by atoms with Gasteiger partial charge in [-0.1, -0.05) is 27.5 Å². The predicted octanol–water partition coefficient (Wildman–Crippen LogP) is 3.95. The number of amides is 2. The molecule has 0 saturated carbocycles. The van der Waals surface area contributed by atoms with Crippen LogP contribution in [0.25, 0.3) is 0 Å². The second kappa shape index (κ2) is 8.75. The Morgan fingerprint density at radius 2 is 1.96 bits per heavy atom. The Hall–Kier alpha value is -2.38. The van der Waals surface area contributed by atoms with Crippen molar-refractivity contribution in [3.63, 3.8) is 0 Å². The van der Waals surface area contributed by atoms with Crippen LogP contribution in [0.3, 0.4) is 0 Å². The van der Waals surface area contributed by atoms with Gasteiger partial charge in [0.25, 0.3) is 5.91 Å². The van der Waals surface area contributed by atoms with Crippen LogP contribution in [0, 0.1) is 12.8 Å². The molecule has 28 heavy (non-hydrogen) atoms. The fraction of sp³-hybridized carbons (Fsp3) is 0.250. The molecular weight excluding hydrogens is 448 g/mol. The molecule has 0 unspecified atom stereocenters. The molecule has 1 atom stereocenters. The summed E-state index contributed by atoms with van der Waals surface area (Å²) in [5.74, 6) is -1.77. The van der Waals surface area contributed by atoms with E-state index < -0.39 is 24.4 Å². The number of halogens is 2. The van der Waals surface area contributed by atoms with Gasteiger partial charge in [0.05, 0.1) is 5.92 Å². The summed E-state index contributed by atoms with van der Waals surface area (Å²) in [7, 11) is 0. The van der Waals surface area contributed by atoms with Crippen LogP contribution in [0.1, 0.15) is 12.0 Å². The lowest BCUT2D eigenvalue weighted by molar-refractivity contribution is -0.151. The first-order chi connectivity index (χ1) is 13.3. The topological polar surface area (TPSA) is 75.7 Å².